The van der Waals surface area contributed by atoms with Gasteiger partial charge in [-0.25, -0.2) is 16.8 Å². The highest BCUT2D eigenvalue weighted by Gasteiger charge is 2.18. The van der Waals surface area contributed by atoms with Gasteiger partial charge >= 0.3 is 0 Å². The van der Waals surface area contributed by atoms with E-state index in [1.54, 1.807) is 49.4 Å². The molecular weight excluding hydrogens is 522 g/mol. The third-order valence-electron chi connectivity index (χ3n) is 5.77. The molecule has 4 aromatic carbocycles. The van der Waals surface area contributed by atoms with Gasteiger partial charge in [-0.3, -0.25) is 14.2 Å². The minimum Gasteiger partial charge on any atom is -0.322 e. The van der Waals surface area contributed by atoms with E-state index in [1.807, 2.05) is 19.9 Å². The summed E-state index contributed by atoms with van der Waals surface area (Å²) in [6.45, 7) is 5.47. The van der Waals surface area contributed by atoms with Gasteiger partial charge in [-0.15, -0.1) is 0 Å². The van der Waals surface area contributed by atoms with Crippen molar-refractivity contribution in [2.75, 3.05) is 14.8 Å². The van der Waals surface area contributed by atoms with Gasteiger partial charge in [0.2, 0.25) is 0 Å². The first kappa shape index (κ1) is 26.9. The van der Waals surface area contributed by atoms with E-state index < -0.39 is 26.0 Å². The van der Waals surface area contributed by atoms with Crippen LogP contribution in [0.25, 0.3) is 0 Å². The third kappa shape index (κ3) is 6.39. The van der Waals surface area contributed by atoms with Crippen LogP contribution in [0.15, 0.2) is 101 Å². The average molecular weight is 550 g/mol. The van der Waals surface area contributed by atoms with Gasteiger partial charge in [0.15, 0.2) is 0 Å². The second-order valence-corrected chi connectivity index (χ2v) is 12.3. The molecule has 196 valence electrons. The SMILES string of the molecule is Cc1ccc(S(=O)(=O)Nc2cc(C(=O)Nc3ccc(S(=O)(=O)Nc4cccc(C)c4)cc3)ccc2C)cc1. The second-order valence-electron chi connectivity index (χ2n) is 8.90. The van der Waals surface area contributed by atoms with E-state index in [0.717, 1.165) is 11.1 Å². The maximum atomic E-state index is 12.9. The fourth-order valence-electron chi connectivity index (χ4n) is 3.64. The standard InChI is InChI=1S/C28H27N3O5S2/c1-19-7-13-25(14-8-19)38(35,36)31-27-18-22(10-9-21(27)3)28(32)29-23-11-15-26(16-12-23)37(33,34)30-24-6-4-5-20(2)17-24/h4-18,30-31H,1-3H3,(H,29,32). The molecule has 0 saturated carbocycles. The first-order chi connectivity index (χ1) is 17.9. The molecule has 10 heteroatoms. The molecular formula is C28H27N3O5S2. The number of amides is 1. The molecule has 0 bridgehead atoms. The normalized spacial score (nSPS) is 11.6. The topological polar surface area (TPSA) is 121 Å². The van der Waals surface area contributed by atoms with E-state index in [4.69, 9.17) is 0 Å². The average Bonchev–Trinajstić information content (AvgIpc) is 2.85. The van der Waals surface area contributed by atoms with Gasteiger partial charge in [0.05, 0.1) is 15.5 Å². The van der Waals surface area contributed by atoms with Crippen LogP contribution in [0.2, 0.25) is 0 Å². The number of hydrogen-bond donors (Lipinski definition) is 3. The van der Waals surface area contributed by atoms with E-state index in [0.29, 0.717) is 16.9 Å². The molecule has 0 radical (unpaired) electrons. The van der Waals surface area contributed by atoms with Gasteiger partial charge in [0.25, 0.3) is 26.0 Å². The molecule has 3 N–H and O–H groups in total. The summed E-state index contributed by atoms with van der Waals surface area (Å²) in [7, 11) is -7.65. The number of anilines is 3. The molecule has 8 nitrogen and oxygen atoms in total. The van der Waals surface area contributed by atoms with Crippen molar-refractivity contribution in [2.45, 2.75) is 30.6 Å². The zero-order chi connectivity index (χ0) is 27.5. The van der Waals surface area contributed by atoms with Crippen LogP contribution < -0.4 is 14.8 Å². The Balaban J connectivity index is 1.48. The predicted octanol–water partition coefficient (Wildman–Crippen LogP) is 5.47. The molecule has 1 amide bonds. The van der Waals surface area contributed by atoms with Crippen molar-refractivity contribution in [3.05, 3.63) is 113 Å². The number of sulfonamides is 2. The van der Waals surface area contributed by atoms with Crippen LogP contribution in [0, 0.1) is 20.8 Å². The van der Waals surface area contributed by atoms with Crippen molar-refractivity contribution in [1.82, 2.24) is 0 Å². The minimum absolute atomic E-state index is 0.0418. The molecule has 0 fully saturated rings. The third-order valence-corrected chi connectivity index (χ3v) is 8.55. The summed E-state index contributed by atoms with van der Waals surface area (Å²) < 4.78 is 56.1. The lowest BCUT2D eigenvalue weighted by molar-refractivity contribution is 0.102. The Labute approximate surface area is 222 Å². The number of hydrogen-bond acceptors (Lipinski definition) is 5. The van der Waals surface area contributed by atoms with Crippen molar-refractivity contribution in [3.63, 3.8) is 0 Å². The van der Waals surface area contributed by atoms with Crippen LogP contribution in [0.1, 0.15) is 27.0 Å². The lowest BCUT2D eigenvalue weighted by atomic mass is 10.1. The molecule has 0 aliphatic rings. The number of benzene rings is 4. The van der Waals surface area contributed by atoms with Crippen molar-refractivity contribution >= 4 is 43.0 Å². The maximum absolute atomic E-state index is 12.9. The summed E-state index contributed by atoms with van der Waals surface area (Å²) in [5.41, 5.74) is 3.85. The summed E-state index contributed by atoms with van der Waals surface area (Å²) >= 11 is 0. The Morgan fingerprint density at radius 3 is 1.84 bits per heavy atom. The Kier molecular flexibility index (Phi) is 7.56. The van der Waals surface area contributed by atoms with Gasteiger partial charge in [-0.1, -0.05) is 35.9 Å². The van der Waals surface area contributed by atoms with Crippen LogP contribution in [0.5, 0.6) is 0 Å². The minimum atomic E-state index is -3.84. The Morgan fingerprint density at radius 2 is 1.21 bits per heavy atom. The van der Waals surface area contributed by atoms with Crippen molar-refractivity contribution in [3.8, 4) is 0 Å². The van der Waals surface area contributed by atoms with Gasteiger partial charge in [-0.2, -0.15) is 0 Å². The molecule has 4 aromatic rings. The Hall–Kier alpha value is -4.15. The molecule has 0 saturated heterocycles. The summed E-state index contributed by atoms with van der Waals surface area (Å²) in [4.78, 5) is 13.0. The molecule has 4 rings (SSSR count). The van der Waals surface area contributed by atoms with Crippen LogP contribution >= 0.6 is 0 Å². The molecule has 0 aromatic heterocycles. The number of rotatable bonds is 8. The fourth-order valence-corrected chi connectivity index (χ4v) is 5.81. The van der Waals surface area contributed by atoms with Gasteiger partial charge < -0.3 is 5.32 Å². The Morgan fingerprint density at radius 1 is 0.605 bits per heavy atom. The quantitative estimate of drug-likeness (QED) is 0.269. The van der Waals surface area contributed by atoms with E-state index in [-0.39, 0.29) is 21.0 Å². The number of carbonyl (C=O) groups excluding carboxylic acids is 1. The summed E-state index contributed by atoms with van der Waals surface area (Å²) in [5, 5.41) is 2.71. The smallest absolute Gasteiger partial charge is 0.261 e. The van der Waals surface area contributed by atoms with Crippen LogP contribution in [0.3, 0.4) is 0 Å². The van der Waals surface area contributed by atoms with E-state index in [2.05, 4.69) is 14.8 Å². The zero-order valence-electron chi connectivity index (χ0n) is 21.0. The maximum Gasteiger partial charge on any atom is 0.261 e. The molecule has 0 unspecified atom stereocenters. The molecule has 0 atom stereocenters. The molecule has 0 aliphatic carbocycles. The van der Waals surface area contributed by atoms with Crippen molar-refractivity contribution in [2.24, 2.45) is 0 Å². The van der Waals surface area contributed by atoms with E-state index in [1.165, 1.54) is 42.5 Å². The fraction of sp³-hybridized carbons (Fsp3) is 0.107. The van der Waals surface area contributed by atoms with Crippen LogP contribution in [0.4, 0.5) is 17.1 Å². The van der Waals surface area contributed by atoms with Crippen molar-refractivity contribution < 1.29 is 21.6 Å². The lowest BCUT2D eigenvalue weighted by Crippen LogP contribution is -2.16. The largest absolute Gasteiger partial charge is 0.322 e. The lowest BCUT2D eigenvalue weighted by Gasteiger charge is -2.13. The number of carbonyl (C=O) groups is 1. The summed E-state index contributed by atoms with van der Waals surface area (Å²) in [6, 6.07) is 23.9. The highest BCUT2D eigenvalue weighted by Crippen LogP contribution is 2.23. The zero-order valence-corrected chi connectivity index (χ0v) is 22.7. The van der Waals surface area contributed by atoms with Crippen LogP contribution in [-0.4, -0.2) is 22.7 Å². The predicted molar refractivity (Wildman–Crippen MR) is 150 cm³/mol. The molecule has 0 aliphatic heterocycles. The first-order valence-electron chi connectivity index (χ1n) is 11.6. The monoisotopic (exact) mass is 549 g/mol. The molecule has 0 heterocycles. The van der Waals surface area contributed by atoms with Gasteiger partial charge in [-0.05, 0) is 92.6 Å². The highest BCUT2D eigenvalue weighted by atomic mass is 32.2. The molecule has 0 spiro atoms. The first-order valence-corrected chi connectivity index (χ1v) is 14.6. The number of nitrogens with one attached hydrogen (secondary N) is 3. The highest BCUT2D eigenvalue weighted by molar-refractivity contribution is 7.93. The van der Waals surface area contributed by atoms with E-state index >= 15 is 0 Å². The van der Waals surface area contributed by atoms with E-state index in [9.17, 15) is 21.6 Å². The summed E-state index contributed by atoms with van der Waals surface area (Å²) in [6.07, 6.45) is 0. The second kappa shape index (κ2) is 10.7. The van der Waals surface area contributed by atoms with Gasteiger partial charge in [0.1, 0.15) is 0 Å². The van der Waals surface area contributed by atoms with Crippen LogP contribution in [-0.2, 0) is 20.0 Å². The Bertz CT molecular complexity index is 1700. The molecule has 38 heavy (non-hydrogen) atoms. The summed E-state index contributed by atoms with van der Waals surface area (Å²) in [5.74, 6) is -0.478. The van der Waals surface area contributed by atoms with Crippen molar-refractivity contribution in [1.29, 1.82) is 0 Å². The van der Waals surface area contributed by atoms with Gasteiger partial charge in [0, 0.05) is 16.9 Å². The number of aryl methyl sites for hydroxylation is 3.